The summed E-state index contributed by atoms with van der Waals surface area (Å²) in [6.07, 6.45) is 3.74. The standard InChI is InChI=1S/C18H18N4O4.Co/c23-16-6-5-12(22(25)26)10-14(16)19-20-15-9-11-3-1-7-21-8-2-4-13(17(11)21)18(15)24;/h5-6,9-10,23-24H,1-4,7-8H2;. The average molecular weight is 413 g/mol. The summed E-state index contributed by atoms with van der Waals surface area (Å²) >= 11 is 0. The number of phenols is 2. The molecule has 0 unspecified atom stereocenters. The van der Waals surface area contributed by atoms with Gasteiger partial charge in [-0.05, 0) is 43.4 Å². The van der Waals surface area contributed by atoms with Crippen LogP contribution in [0.15, 0.2) is 34.5 Å². The number of benzene rings is 2. The SMILES string of the molecule is O=[N+]([O-])c1ccc(O)c(N=Nc2cc3c4c(c2O)CCCN4CCC3)c1.[Co]. The molecule has 143 valence electrons. The number of hydrogen-bond donors (Lipinski definition) is 2. The number of rotatable bonds is 3. The van der Waals surface area contributed by atoms with Gasteiger partial charge < -0.3 is 15.1 Å². The third kappa shape index (κ3) is 3.47. The van der Waals surface area contributed by atoms with Crippen LogP contribution in [0.1, 0.15) is 24.0 Å². The van der Waals surface area contributed by atoms with E-state index in [1.807, 2.05) is 6.07 Å². The van der Waals surface area contributed by atoms with E-state index in [0.29, 0.717) is 5.69 Å². The predicted octanol–water partition coefficient (Wildman–Crippen LogP) is 4.12. The summed E-state index contributed by atoms with van der Waals surface area (Å²) in [6.45, 7) is 2.00. The van der Waals surface area contributed by atoms with E-state index in [-0.39, 0.29) is 39.7 Å². The van der Waals surface area contributed by atoms with E-state index in [1.54, 1.807) is 0 Å². The van der Waals surface area contributed by atoms with Gasteiger partial charge in [0, 0.05) is 53.3 Å². The largest absolute Gasteiger partial charge is 0.506 e. The third-order valence-corrected chi connectivity index (χ3v) is 4.91. The molecule has 1 radical (unpaired) electrons. The smallest absolute Gasteiger partial charge is 0.271 e. The van der Waals surface area contributed by atoms with E-state index >= 15 is 0 Å². The molecule has 0 amide bonds. The van der Waals surface area contributed by atoms with Crippen LogP contribution in [0.5, 0.6) is 11.5 Å². The monoisotopic (exact) mass is 413 g/mol. The predicted molar refractivity (Wildman–Crippen MR) is 95.9 cm³/mol. The van der Waals surface area contributed by atoms with Crippen molar-refractivity contribution in [3.05, 3.63) is 45.5 Å². The summed E-state index contributed by atoms with van der Waals surface area (Å²) in [7, 11) is 0. The Labute approximate surface area is 165 Å². The number of hydrogen-bond acceptors (Lipinski definition) is 7. The summed E-state index contributed by atoms with van der Waals surface area (Å²) in [5, 5.41) is 39.4. The molecular weight excluding hydrogens is 395 g/mol. The number of phenolic OH excluding ortho intramolecular Hbond substituents is 2. The maximum atomic E-state index is 10.9. The molecule has 2 heterocycles. The van der Waals surface area contributed by atoms with Crippen molar-refractivity contribution in [1.29, 1.82) is 0 Å². The minimum atomic E-state index is -0.562. The van der Waals surface area contributed by atoms with E-state index in [9.17, 15) is 20.3 Å². The molecule has 0 aromatic heterocycles. The number of nitrogens with zero attached hydrogens (tertiary/aromatic N) is 4. The fourth-order valence-corrected chi connectivity index (χ4v) is 3.72. The molecule has 0 bridgehead atoms. The van der Waals surface area contributed by atoms with Crippen molar-refractivity contribution in [1.82, 2.24) is 0 Å². The minimum Gasteiger partial charge on any atom is -0.506 e. The molecule has 0 fully saturated rings. The number of non-ortho nitro benzene ring substituents is 1. The first-order chi connectivity index (χ1) is 12.5. The van der Waals surface area contributed by atoms with Crippen LogP contribution >= 0.6 is 0 Å². The second-order valence-electron chi connectivity index (χ2n) is 6.55. The Morgan fingerprint density at radius 3 is 2.48 bits per heavy atom. The van der Waals surface area contributed by atoms with Gasteiger partial charge in [-0.3, -0.25) is 10.1 Å². The Kier molecular flexibility index (Phi) is 5.33. The van der Waals surface area contributed by atoms with E-state index < -0.39 is 4.92 Å². The van der Waals surface area contributed by atoms with Crippen LogP contribution in [-0.2, 0) is 29.6 Å². The fraction of sp³-hybridized carbons (Fsp3) is 0.333. The number of aryl methyl sites for hydroxylation is 1. The molecule has 0 saturated heterocycles. The molecule has 2 aromatic rings. The zero-order valence-electron chi connectivity index (χ0n) is 14.4. The van der Waals surface area contributed by atoms with Crippen molar-refractivity contribution in [3.63, 3.8) is 0 Å². The Bertz CT molecular complexity index is 930. The van der Waals surface area contributed by atoms with Crippen molar-refractivity contribution in [2.45, 2.75) is 25.7 Å². The molecule has 2 aliphatic rings. The molecule has 8 nitrogen and oxygen atoms in total. The van der Waals surface area contributed by atoms with E-state index in [0.717, 1.165) is 61.7 Å². The molecular formula is C18H18CoN4O4. The van der Waals surface area contributed by atoms with Gasteiger partial charge in [0.25, 0.3) is 5.69 Å². The minimum absolute atomic E-state index is 0. The zero-order valence-corrected chi connectivity index (χ0v) is 15.4. The van der Waals surface area contributed by atoms with Gasteiger partial charge in [0.15, 0.2) is 0 Å². The first-order valence-electron chi connectivity index (χ1n) is 8.56. The Hall–Kier alpha value is -2.65. The summed E-state index contributed by atoms with van der Waals surface area (Å²) in [5.74, 6) is -0.103. The molecule has 0 aliphatic carbocycles. The quantitative estimate of drug-likeness (QED) is 0.447. The topological polar surface area (TPSA) is 112 Å². The van der Waals surface area contributed by atoms with Crippen molar-refractivity contribution in [3.8, 4) is 11.5 Å². The molecule has 0 spiro atoms. The van der Waals surface area contributed by atoms with Crippen molar-refractivity contribution >= 4 is 22.7 Å². The second kappa shape index (κ2) is 7.53. The van der Waals surface area contributed by atoms with E-state index in [4.69, 9.17) is 0 Å². The first-order valence-corrected chi connectivity index (χ1v) is 8.56. The number of nitro groups is 1. The maximum absolute atomic E-state index is 10.9. The molecule has 2 N–H and O–H groups in total. The van der Waals surface area contributed by atoms with Crippen LogP contribution in [0, 0.1) is 10.1 Å². The van der Waals surface area contributed by atoms with Crippen LogP contribution in [0.4, 0.5) is 22.7 Å². The van der Waals surface area contributed by atoms with Crippen molar-refractivity contribution < 1.29 is 31.9 Å². The zero-order chi connectivity index (χ0) is 18.3. The van der Waals surface area contributed by atoms with Crippen LogP contribution in [0.3, 0.4) is 0 Å². The van der Waals surface area contributed by atoms with Crippen LogP contribution < -0.4 is 4.90 Å². The second-order valence-corrected chi connectivity index (χ2v) is 6.55. The summed E-state index contributed by atoms with van der Waals surface area (Å²) < 4.78 is 0. The molecule has 0 atom stereocenters. The fourth-order valence-electron chi connectivity index (χ4n) is 3.72. The maximum Gasteiger partial charge on any atom is 0.271 e. The number of anilines is 1. The molecule has 27 heavy (non-hydrogen) atoms. The molecule has 4 rings (SSSR count). The van der Waals surface area contributed by atoms with Gasteiger partial charge in [0.1, 0.15) is 22.9 Å². The molecule has 2 aliphatic heterocycles. The van der Waals surface area contributed by atoms with Crippen LogP contribution in [0.25, 0.3) is 0 Å². The molecule has 9 heteroatoms. The van der Waals surface area contributed by atoms with Crippen molar-refractivity contribution in [2.75, 3.05) is 18.0 Å². The Morgan fingerprint density at radius 2 is 1.74 bits per heavy atom. The van der Waals surface area contributed by atoms with E-state index in [2.05, 4.69) is 15.1 Å². The van der Waals surface area contributed by atoms with Crippen LogP contribution in [0.2, 0.25) is 0 Å². The summed E-state index contributed by atoms with van der Waals surface area (Å²) in [6, 6.07) is 5.38. The van der Waals surface area contributed by atoms with Crippen molar-refractivity contribution in [2.24, 2.45) is 10.2 Å². The summed E-state index contributed by atoms with van der Waals surface area (Å²) in [4.78, 5) is 12.6. The average Bonchev–Trinajstić information content (AvgIpc) is 2.64. The molecule has 0 saturated carbocycles. The van der Waals surface area contributed by atoms with Gasteiger partial charge in [-0.2, -0.15) is 0 Å². The first kappa shape index (κ1) is 19.1. The van der Waals surface area contributed by atoms with Gasteiger partial charge in [-0.25, -0.2) is 0 Å². The normalized spacial score (nSPS) is 15.3. The van der Waals surface area contributed by atoms with Crippen LogP contribution in [-0.4, -0.2) is 28.2 Å². The van der Waals surface area contributed by atoms with Gasteiger partial charge in [-0.15, -0.1) is 10.2 Å². The number of azo groups is 1. The number of aromatic hydroxyl groups is 2. The third-order valence-electron chi connectivity index (χ3n) is 4.91. The summed E-state index contributed by atoms with van der Waals surface area (Å²) in [5.41, 5.74) is 3.29. The van der Waals surface area contributed by atoms with Gasteiger partial charge in [-0.1, -0.05) is 0 Å². The Morgan fingerprint density at radius 1 is 1.04 bits per heavy atom. The van der Waals surface area contributed by atoms with Gasteiger partial charge in [0.2, 0.25) is 0 Å². The molecule has 2 aromatic carbocycles. The van der Waals surface area contributed by atoms with E-state index in [1.165, 1.54) is 12.1 Å². The Balaban J connectivity index is 0.00000210. The van der Waals surface area contributed by atoms with Gasteiger partial charge >= 0.3 is 0 Å². The number of nitro benzene ring substituents is 1. The van der Waals surface area contributed by atoms with Gasteiger partial charge in [0.05, 0.1) is 4.92 Å².